The number of carbonyl (C=O) groups excluding carboxylic acids is 1. The van der Waals surface area contributed by atoms with E-state index in [1.807, 2.05) is 34.5 Å². The number of carbonyl (C=O) groups is 1. The highest BCUT2D eigenvalue weighted by atomic mass is 16.5. The molecule has 11 nitrogen and oxygen atoms in total. The predicted octanol–water partition coefficient (Wildman–Crippen LogP) is 0.255. The maximum Gasteiger partial charge on any atom is 0.225 e. The van der Waals surface area contributed by atoms with Gasteiger partial charge in [-0.3, -0.25) is 4.79 Å². The fourth-order valence-electron chi connectivity index (χ4n) is 3.25. The Hall–Kier alpha value is -3.34. The molecule has 152 valence electrons. The lowest BCUT2D eigenvalue weighted by Crippen LogP contribution is -2.42. The first-order chi connectivity index (χ1) is 14.0. The molecule has 1 fully saturated rings. The lowest BCUT2D eigenvalue weighted by molar-refractivity contribution is -0.139. The molecule has 1 saturated heterocycles. The molecule has 0 radical (unpaired) electrons. The van der Waals surface area contributed by atoms with Gasteiger partial charge in [-0.15, -0.1) is 0 Å². The highest BCUT2D eigenvalue weighted by Crippen LogP contribution is 2.22. The molecule has 0 spiro atoms. The maximum atomic E-state index is 12.8. The summed E-state index contributed by atoms with van der Waals surface area (Å²) < 4.78 is 7.67. The summed E-state index contributed by atoms with van der Waals surface area (Å²) in [5.74, 6) is 0.991. The van der Waals surface area contributed by atoms with Crippen LogP contribution in [0.15, 0.2) is 24.9 Å². The molecule has 0 aliphatic carbocycles. The third-order valence-electron chi connectivity index (χ3n) is 4.81. The molecule has 3 aromatic rings. The number of aromatic nitrogens is 6. The van der Waals surface area contributed by atoms with Gasteiger partial charge in [0.15, 0.2) is 11.5 Å². The van der Waals surface area contributed by atoms with Crippen molar-refractivity contribution in [3.63, 3.8) is 0 Å². The molecule has 3 aromatic heterocycles. The number of rotatable bonds is 5. The van der Waals surface area contributed by atoms with E-state index in [1.54, 1.807) is 12.5 Å². The van der Waals surface area contributed by atoms with Crippen LogP contribution in [0.25, 0.3) is 11.2 Å². The van der Waals surface area contributed by atoms with Gasteiger partial charge in [0, 0.05) is 39.8 Å². The summed E-state index contributed by atoms with van der Waals surface area (Å²) >= 11 is 0. The van der Waals surface area contributed by atoms with Gasteiger partial charge in [0.05, 0.1) is 25.2 Å². The second kappa shape index (κ2) is 7.95. The number of morpholine rings is 1. The van der Waals surface area contributed by atoms with Crippen LogP contribution in [0.4, 0.5) is 11.8 Å². The van der Waals surface area contributed by atoms with Crippen LogP contribution < -0.4 is 10.6 Å². The molecule has 0 saturated carbocycles. The third kappa shape index (κ3) is 3.94. The van der Waals surface area contributed by atoms with Crippen molar-refractivity contribution in [3.8, 4) is 0 Å². The minimum absolute atomic E-state index is 0.0454. The van der Waals surface area contributed by atoms with Gasteiger partial charge in [0.1, 0.15) is 17.9 Å². The SMILES string of the molecule is CN(C)c1nccc(C2CN(C(=O)CCn3cnc4c(N)ncnc43)CCO2)n1. The van der Waals surface area contributed by atoms with Crippen LogP contribution in [-0.4, -0.2) is 74.1 Å². The lowest BCUT2D eigenvalue weighted by atomic mass is 10.2. The van der Waals surface area contributed by atoms with Gasteiger partial charge in [0.25, 0.3) is 0 Å². The zero-order valence-electron chi connectivity index (χ0n) is 16.4. The maximum absolute atomic E-state index is 12.8. The summed E-state index contributed by atoms with van der Waals surface area (Å²) in [6, 6.07) is 1.83. The van der Waals surface area contributed by atoms with E-state index in [9.17, 15) is 4.79 Å². The van der Waals surface area contributed by atoms with E-state index >= 15 is 0 Å². The molecule has 1 aliphatic rings. The van der Waals surface area contributed by atoms with Gasteiger partial charge < -0.3 is 24.8 Å². The first-order valence-electron chi connectivity index (χ1n) is 9.34. The van der Waals surface area contributed by atoms with E-state index in [1.165, 1.54) is 6.33 Å². The first-order valence-corrected chi connectivity index (χ1v) is 9.34. The summed E-state index contributed by atoms with van der Waals surface area (Å²) in [6.45, 7) is 1.95. The van der Waals surface area contributed by atoms with Gasteiger partial charge in [0.2, 0.25) is 11.9 Å². The normalized spacial score (nSPS) is 16.9. The zero-order chi connectivity index (χ0) is 20.4. The number of aryl methyl sites for hydroxylation is 1. The van der Waals surface area contributed by atoms with Crippen molar-refractivity contribution < 1.29 is 9.53 Å². The van der Waals surface area contributed by atoms with Crippen LogP contribution in [0.5, 0.6) is 0 Å². The summed E-state index contributed by atoms with van der Waals surface area (Å²) in [4.78, 5) is 37.6. The van der Waals surface area contributed by atoms with Crippen LogP contribution in [0, 0.1) is 0 Å². The average Bonchev–Trinajstić information content (AvgIpc) is 3.16. The fourth-order valence-corrected chi connectivity index (χ4v) is 3.25. The molecule has 0 aromatic carbocycles. The summed E-state index contributed by atoms with van der Waals surface area (Å²) in [5, 5.41) is 0. The fraction of sp³-hybridized carbons (Fsp3) is 0.444. The number of nitrogens with zero attached hydrogens (tertiary/aromatic N) is 8. The number of nitrogen functional groups attached to an aromatic ring is 1. The highest BCUT2D eigenvalue weighted by molar-refractivity contribution is 5.81. The molecule has 4 rings (SSSR count). The third-order valence-corrected chi connectivity index (χ3v) is 4.81. The number of anilines is 2. The van der Waals surface area contributed by atoms with E-state index in [0.717, 1.165) is 5.69 Å². The standard InChI is InChI=1S/C18H23N9O2/c1-25(2)18-20-5-3-12(24-18)13-9-26(7-8-29-13)14(28)4-6-27-11-23-15-16(19)21-10-22-17(15)27/h3,5,10-11,13H,4,6-9H2,1-2H3,(H2,19,21,22). The van der Waals surface area contributed by atoms with Crippen molar-refractivity contribution in [1.82, 2.24) is 34.4 Å². The smallest absolute Gasteiger partial charge is 0.225 e. The number of nitrogens with two attached hydrogens (primary N) is 1. The number of hydrogen-bond acceptors (Lipinski definition) is 9. The Morgan fingerprint density at radius 1 is 1.31 bits per heavy atom. The van der Waals surface area contributed by atoms with E-state index < -0.39 is 0 Å². The summed E-state index contributed by atoms with van der Waals surface area (Å²) in [5.41, 5.74) is 7.76. The molecule has 1 unspecified atom stereocenters. The summed E-state index contributed by atoms with van der Waals surface area (Å²) in [6.07, 6.45) is 4.80. The molecule has 0 bridgehead atoms. The van der Waals surface area contributed by atoms with Crippen LogP contribution in [0.1, 0.15) is 18.2 Å². The number of hydrogen-bond donors (Lipinski definition) is 1. The van der Waals surface area contributed by atoms with Crippen molar-refractivity contribution in [2.45, 2.75) is 19.1 Å². The van der Waals surface area contributed by atoms with Crippen molar-refractivity contribution in [3.05, 3.63) is 30.6 Å². The Balaban J connectivity index is 1.41. The topological polar surface area (TPSA) is 128 Å². The number of amides is 1. The van der Waals surface area contributed by atoms with Crippen molar-refractivity contribution in [2.75, 3.05) is 44.4 Å². The van der Waals surface area contributed by atoms with Gasteiger partial charge in [-0.1, -0.05) is 0 Å². The van der Waals surface area contributed by atoms with Gasteiger partial charge in [-0.25, -0.2) is 24.9 Å². The monoisotopic (exact) mass is 397 g/mol. The summed E-state index contributed by atoms with van der Waals surface area (Å²) in [7, 11) is 3.77. The molecule has 4 heterocycles. The van der Waals surface area contributed by atoms with E-state index in [0.29, 0.717) is 55.6 Å². The van der Waals surface area contributed by atoms with Crippen LogP contribution in [0.3, 0.4) is 0 Å². The van der Waals surface area contributed by atoms with E-state index in [2.05, 4.69) is 24.9 Å². The molecule has 29 heavy (non-hydrogen) atoms. The quantitative estimate of drug-likeness (QED) is 0.644. The molecule has 1 amide bonds. The molecule has 1 aliphatic heterocycles. The van der Waals surface area contributed by atoms with Crippen LogP contribution >= 0.6 is 0 Å². The average molecular weight is 397 g/mol. The highest BCUT2D eigenvalue weighted by Gasteiger charge is 2.26. The lowest BCUT2D eigenvalue weighted by Gasteiger charge is -2.33. The minimum Gasteiger partial charge on any atom is -0.382 e. The first kappa shape index (κ1) is 19.0. The Morgan fingerprint density at radius 2 is 2.17 bits per heavy atom. The Kier molecular flexibility index (Phi) is 5.21. The van der Waals surface area contributed by atoms with Crippen LogP contribution in [0.2, 0.25) is 0 Å². The molecular weight excluding hydrogens is 374 g/mol. The van der Waals surface area contributed by atoms with Gasteiger partial charge in [-0.2, -0.15) is 0 Å². The van der Waals surface area contributed by atoms with E-state index in [-0.39, 0.29) is 12.0 Å². The van der Waals surface area contributed by atoms with Crippen LogP contribution in [-0.2, 0) is 16.1 Å². The number of fused-ring (bicyclic) bond motifs is 1. The Morgan fingerprint density at radius 3 is 3.00 bits per heavy atom. The second-order valence-electron chi connectivity index (χ2n) is 6.99. The van der Waals surface area contributed by atoms with E-state index in [4.69, 9.17) is 10.5 Å². The largest absolute Gasteiger partial charge is 0.382 e. The molecule has 11 heteroatoms. The Labute approximate surface area is 167 Å². The van der Waals surface area contributed by atoms with Gasteiger partial charge >= 0.3 is 0 Å². The van der Waals surface area contributed by atoms with Gasteiger partial charge in [-0.05, 0) is 6.07 Å². The van der Waals surface area contributed by atoms with Crippen molar-refractivity contribution in [2.24, 2.45) is 0 Å². The minimum atomic E-state index is -0.268. The number of ether oxygens (including phenoxy) is 1. The molecule has 2 N–H and O–H groups in total. The zero-order valence-corrected chi connectivity index (χ0v) is 16.4. The predicted molar refractivity (Wildman–Crippen MR) is 106 cm³/mol. The molecule has 1 atom stereocenters. The number of imidazole rings is 1. The van der Waals surface area contributed by atoms with Crippen molar-refractivity contribution in [1.29, 1.82) is 0 Å². The Bertz CT molecular complexity index is 1020. The molecular formula is C18H23N9O2. The van der Waals surface area contributed by atoms with Crippen molar-refractivity contribution >= 4 is 28.8 Å². The second-order valence-corrected chi connectivity index (χ2v) is 6.99.